The highest BCUT2D eigenvalue weighted by molar-refractivity contribution is 5.96. The first-order chi connectivity index (χ1) is 9.17. The van der Waals surface area contributed by atoms with Gasteiger partial charge in [0.25, 0.3) is 0 Å². The molecule has 1 aromatic carbocycles. The number of para-hydroxylation sites is 1. The Kier molecular flexibility index (Phi) is 4.56. The summed E-state index contributed by atoms with van der Waals surface area (Å²) in [6.07, 6.45) is 1.87. The smallest absolute Gasteiger partial charge is 0.241 e. The fourth-order valence-corrected chi connectivity index (χ4v) is 2.69. The lowest BCUT2D eigenvalue weighted by Crippen LogP contribution is -2.55. The predicted molar refractivity (Wildman–Crippen MR) is 78.3 cm³/mol. The minimum absolute atomic E-state index is 0.177. The number of likely N-dealkylation sites (N-methyl/N-ethyl adjacent to an activating group) is 1. The van der Waals surface area contributed by atoms with Gasteiger partial charge < -0.3 is 10.6 Å². The summed E-state index contributed by atoms with van der Waals surface area (Å²) < 4.78 is 0. The average Bonchev–Trinajstić information content (AvgIpc) is 2.42. The molecule has 1 heterocycles. The van der Waals surface area contributed by atoms with Crippen molar-refractivity contribution in [3.05, 3.63) is 29.8 Å². The quantitative estimate of drug-likeness (QED) is 0.887. The first kappa shape index (κ1) is 14.0. The van der Waals surface area contributed by atoms with Crippen molar-refractivity contribution in [3.63, 3.8) is 0 Å². The van der Waals surface area contributed by atoms with Gasteiger partial charge >= 0.3 is 0 Å². The van der Waals surface area contributed by atoms with Gasteiger partial charge in [-0.2, -0.15) is 0 Å². The van der Waals surface area contributed by atoms with Gasteiger partial charge in [-0.25, -0.2) is 0 Å². The molecule has 104 valence electrons. The number of hydrogen-bond acceptors (Lipinski definition) is 3. The van der Waals surface area contributed by atoms with E-state index in [9.17, 15) is 4.79 Å². The molecule has 0 spiro atoms. The Bertz CT molecular complexity index is 447. The number of carbonyl (C=O) groups is 1. The molecule has 0 bridgehead atoms. The molecule has 1 unspecified atom stereocenters. The van der Waals surface area contributed by atoms with Gasteiger partial charge in [0.15, 0.2) is 0 Å². The van der Waals surface area contributed by atoms with Gasteiger partial charge in [0.2, 0.25) is 5.91 Å². The Labute approximate surface area is 115 Å². The molecule has 2 N–H and O–H groups in total. The summed E-state index contributed by atoms with van der Waals surface area (Å²) >= 11 is 0. The van der Waals surface area contributed by atoms with Gasteiger partial charge in [0, 0.05) is 18.3 Å². The number of hydrogen-bond donors (Lipinski definition) is 1. The zero-order valence-electron chi connectivity index (χ0n) is 11.8. The van der Waals surface area contributed by atoms with E-state index in [1.807, 2.05) is 30.1 Å². The maximum Gasteiger partial charge on any atom is 0.241 e. The van der Waals surface area contributed by atoms with Crippen LogP contribution in [-0.2, 0) is 11.2 Å². The van der Waals surface area contributed by atoms with Gasteiger partial charge in [-0.05, 0) is 38.1 Å². The van der Waals surface area contributed by atoms with E-state index in [0.717, 1.165) is 25.1 Å². The van der Waals surface area contributed by atoms with E-state index in [1.165, 1.54) is 5.56 Å². The Morgan fingerprint density at radius 2 is 2.11 bits per heavy atom. The van der Waals surface area contributed by atoms with Gasteiger partial charge in [-0.3, -0.25) is 9.69 Å². The molecule has 1 atom stereocenters. The number of amides is 1. The Hall–Kier alpha value is -1.39. The Morgan fingerprint density at radius 3 is 2.79 bits per heavy atom. The van der Waals surface area contributed by atoms with Crippen molar-refractivity contribution in [1.82, 2.24) is 4.90 Å². The van der Waals surface area contributed by atoms with Crippen LogP contribution in [0.15, 0.2) is 24.3 Å². The maximum atomic E-state index is 12.3. The number of carbonyl (C=O) groups excluding carboxylic acids is 1. The van der Waals surface area contributed by atoms with Crippen LogP contribution in [0.5, 0.6) is 0 Å². The highest BCUT2D eigenvalue weighted by Gasteiger charge is 2.30. The third-order valence-electron chi connectivity index (χ3n) is 3.87. The van der Waals surface area contributed by atoms with Crippen LogP contribution in [0.1, 0.15) is 18.9 Å². The molecule has 1 amide bonds. The predicted octanol–water partition coefficient (Wildman–Crippen LogP) is 1.24. The van der Waals surface area contributed by atoms with E-state index in [2.05, 4.69) is 17.9 Å². The van der Waals surface area contributed by atoms with Crippen molar-refractivity contribution in [2.45, 2.75) is 25.8 Å². The van der Waals surface area contributed by atoms with Crippen molar-refractivity contribution < 1.29 is 4.79 Å². The Balaban J connectivity index is 2.25. The fraction of sp³-hybridized carbons (Fsp3) is 0.533. The molecule has 2 rings (SSSR count). The van der Waals surface area contributed by atoms with Crippen LogP contribution in [0.4, 0.5) is 5.69 Å². The highest BCUT2D eigenvalue weighted by Crippen LogP contribution is 2.24. The molecular formula is C15H23N3O. The minimum atomic E-state index is 0.177. The van der Waals surface area contributed by atoms with Crippen LogP contribution in [-0.4, -0.2) is 43.5 Å². The van der Waals surface area contributed by atoms with Crippen molar-refractivity contribution in [3.8, 4) is 0 Å². The summed E-state index contributed by atoms with van der Waals surface area (Å²) in [5, 5.41) is 0. The monoisotopic (exact) mass is 261 g/mol. The van der Waals surface area contributed by atoms with Gasteiger partial charge in [0.1, 0.15) is 0 Å². The number of benzene rings is 1. The van der Waals surface area contributed by atoms with Crippen LogP contribution >= 0.6 is 0 Å². The largest absolute Gasteiger partial charge is 0.330 e. The number of anilines is 1. The summed E-state index contributed by atoms with van der Waals surface area (Å²) in [4.78, 5) is 16.3. The molecule has 1 saturated heterocycles. The molecule has 4 nitrogen and oxygen atoms in total. The molecule has 1 aliphatic rings. The molecule has 0 saturated carbocycles. The van der Waals surface area contributed by atoms with Crippen LogP contribution in [0.3, 0.4) is 0 Å². The summed E-state index contributed by atoms with van der Waals surface area (Å²) in [5.74, 6) is 0.177. The van der Waals surface area contributed by atoms with Crippen LogP contribution < -0.4 is 10.6 Å². The number of aryl methyl sites for hydroxylation is 1. The second kappa shape index (κ2) is 6.17. The Morgan fingerprint density at radius 1 is 1.37 bits per heavy atom. The average molecular weight is 261 g/mol. The molecule has 0 radical (unpaired) electrons. The standard InChI is InChI=1S/C15H23N3O/c1-3-12-6-4-5-7-14(12)18-10-13(8-9-16)17(2)11-15(18)19/h4-7,13H,3,8-11,16H2,1-2H3. The number of piperazine rings is 1. The molecule has 4 heteroatoms. The van der Waals surface area contributed by atoms with Crippen molar-refractivity contribution >= 4 is 11.6 Å². The number of nitrogens with two attached hydrogens (primary N) is 1. The highest BCUT2D eigenvalue weighted by atomic mass is 16.2. The third kappa shape index (κ3) is 2.96. The normalized spacial score (nSPS) is 20.9. The zero-order valence-corrected chi connectivity index (χ0v) is 11.8. The number of rotatable bonds is 4. The summed E-state index contributed by atoms with van der Waals surface area (Å²) in [6, 6.07) is 8.52. The lowest BCUT2D eigenvalue weighted by Gasteiger charge is -2.39. The summed E-state index contributed by atoms with van der Waals surface area (Å²) in [7, 11) is 2.00. The second-order valence-electron chi connectivity index (χ2n) is 5.13. The van der Waals surface area contributed by atoms with E-state index in [4.69, 9.17) is 5.73 Å². The number of nitrogens with zero attached hydrogens (tertiary/aromatic N) is 2. The fourth-order valence-electron chi connectivity index (χ4n) is 2.69. The van der Waals surface area contributed by atoms with Crippen LogP contribution in [0.25, 0.3) is 0 Å². The SMILES string of the molecule is CCc1ccccc1N1CC(CCN)N(C)CC1=O. The van der Waals surface area contributed by atoms with E-state index in [-0.39, 0.29) is 5.91 Å². The minimum Gasteiger partial charge on any atom is -0.330 e. The van der Waals surface area contributed by atoms with Crippen molar-refractivity contribution in [2.75, 3.05) is 31.6 Å². The van der Waals surface area contributed by atoms with E-state index in [1.54, 1.807) is 0 Å². The van der Waals surface area contributed by atoms with Crippen molar-refractivity contribution in [2.24, 2.45) is 5.73 Å². The zero-order chi connectivity index (χ0) is 13.8. The third-order valence-corrected chi connectivity index (χ3v) is 3.87. The molecular weight excluding hydrogens is 238 g/mol. The second-order valence-corrected chi connectivity index (χ2v) is 5.13. The van der Waals surface area contributed by atoms with Crippen LogP contribution in [0.2, 0.25) is 0 Å². The topological polar surface area (TPSA) is 49.6 Å². The van der Waals surface area contributed by atoms with Gasteiger partial charge in [0.05, 0.1) is 6.54 Å². The molecule has 0 aromatic heterocycles. The molecule has 19 heavy (non-hydrogen) atoms. The first-order valence-corrected chi connectivity index (χ1v) is 6.96. The molecule has 1 aromatic rings. The van der Waals surface area contributed by atoms with Crippen molar-refractivity contribution in [1.29, 1.82) is 0 Å². The van der Waals surface area contributed by atoms with Gasteiger partial charge in [-0.1, -0.05) is 25.1 Å². The maximum absolute atomic E-state index is 12.3. The summed E-state index contributed by atoms with van der Waals surface area (Å²) in [5.41, 5.74) is 7.96. The first-order valence-electron chi connectivity index (χ1n) is 6.96. The van der Waals surface area contributed by atoms with E-state index >= 15 is 0 Å². The molecule has 1 fully saturated rings. The van der Waals surface area contributed by atoms with E-state index in [0.29, 0.717) is 19.1 Å². The van der Waals surface area contributed by atoms with Gasteiger partial charge in [-0.15, -0.1) is 0 Å². The van der Waals surface area contributed by atoms with E-state index < -0.39 is 0 Å². The lowest BCUT2D eigenvalue weighted by molar-refractivity contribution is -0.122. The lowest BCUT2D eigenvalue weighted by atomic mass is 10.0. The molecule has 0 aliphatic carbocycles. The molecule has 1 aliphatic heterocycles. The summed E-state index contributed by atoms with van der Waals surface area (Å²) in [6.45, 7) is 4.00. The van der Waals surface area contributed by atoms with Crippen LogP contribution in [0, 0.1) is 0 Å².